The summed E-state index contributed by atoms with van der Waals surface area (Å²) in [5.74, 6) is 0.571. The molecular weight excluding hydrogens is 360 g/mol. The molecule has 7 nitrogen and oxygen atoms in total. The average molecular weight is 384 g/mol. The zero-order chi connectivity index (χ0) is 19.9. The molecule has 0 bridgehead atoms. The van der Waals surface area contributed by atoms with Crippen LogP contribution in [-0.2, 0) is 9.53 Å². The van der Waals surface area contributed by atoms with Gasteiger partial charge in [-0.05, 0) is 36.8 Å². The topological polar surface area (TPSA) is 77.1 Å². The lowest BCUT2D eigenvalue weighted by Crippen LogP contribution is -2.41. The molecule has 28 heavy (non-hydrogen) atoms. The van der Waals surface area contributed by atoms with Crippen LogP contribution in [-0.4, -0.2) is 56.7 Å². The van der Waals surface area contributed by atoms with E-state index in [9.17, 15) is 9.59 Å². The summed E-state index contributed by atoms with van der Waals surface area (Å²) in [7, 11) is 1.55. The van der Waals surface area contributed by atoms with Crippen LogP contribution in [0.25, 0.3) is 0 Å². The second-order valence-corrected chi connectivity index (χ2v) is 6.44. The molecule has 2 aromatic rings. The molecular formula is C21H24N2O5. The van der Waals surface area contributed by atoms with Crippen LogP contribution in [0.15, 0.2) is 42.5 Å². The van der Waals surface area contributed by atoms with E-state index in [0.717, 1.165) is 5.56 Å². The lowest BCUT2D eigenvalue weighted by molar-refractivity contribution is -0.118. The Morgan fingerprint density at radius 1 is 1.11 bits per heavy atom. The van der Waals surface area contributed by atoms with Gasteiger partial charge in [0.05, 0.1) is 31.6 Å². The van der Waals surface area contributed by atoms with Gasteiger partial charge in [0.1, 0.15) is 0 Å². The SMILES string of the molecule is COc1cc(C)ccc1OCC(=O)Nc1ccccc1C(=O)N1CCOCC1. The van der Waals surface area contributed by atoms with Crippen LogP contribution in [0.3, 0.4) is 0 Å². The van der Waals surface area contributed by atoms with Crippen molar-refractivity contribution in [1.82, 2.24) is 4.90 Å². The van der Waals surface area contributed by atoms with Crippen molar-refractivity contribution in [2.24, 2.45) is 0 Å². The van der Waals surface area contributed by atoms with Gasteiger partial charge in [-0.25, -0.2) is 0 Å². The largest absolute Gasteiger partial charge is 0.493 e. The minimum atomic E-state index is -0.357. The fourth-order valence-electron chi connectivity index (χ4n) is 2.94. The Labute approximate surface area is 164 Å². The first kappa shape index (κ1) is 19.7. The fraction of sp³-hybridized carbons (Fsp3) is 0.333. The molecule has 0 atom stereocenters. The number of methoxy groups -OCH3 is 1. The lowest BCUT2D eigenvalue weighted by Gasteiger charge is -2.27. The standard InChI is InChI=1S/C21H24N2O5/c1-15-7-8-18(19(13-15)26-2)28-14-20(24)22-17-6-4-3-5-16(17)21(25)23-9-11-27-12-10-23/h3-8,13H,9-12,14H2,1-2H3,(H,22,24). The van der Waals surface area contributed by atoms with Crippen molar-refractivity contribution >= 4 is 17.5 Å². The molecule has 1 aliphatic heterocycles. The van der Waals surface area contributed by atoms with Gasteiger partial charge in [0.25, 0.3) is 11.8 Å². The molecule has 1 heterocycles. The number of nitrogens with zero attached hydrogens (tertiary/aromatic N) is 1. The Hall–Kier alpha value is -3.06. The number of aryl methyl sites for hydroxylation is 1. The number of morpholine rings is 1. The van der Waals surface area contributed by atoms with Crippen LogP contribution in [0.2, 0.25) is 0 Å². The van der Waals surface area contributed by atoms with E-state index in [4.69, 9.17) is 14.2 Å². The van der Waals surface area contributed by atoms with E-state index in [2.05, 4.69) is 5.32 Å². The van der Waals surface area contributed by atoms with Gasteiger partial charge in [-0.1, -0.05) is 18.2 Å². The average Bonchev–Trinajstić information content (AvgIpc) is 2.73. The first-order valence-corrected chi connectivity index (χ1v) is 9.12. The molecule has 3 rings (SSSR count). The van der Waals surface area contributed by atoms with Gasteiger partial charge in [-0.15, -0.1) is 0 Å². The fourth-order valence-corrected chi connectivity index (χ4v) is 2.94. The van der Waals surface area contributed by atoms with Crippen LogP contribution in [0.4, 0.5) is 5.69 Å². The number of anilines is 1. The Morgan fingerprint density at radius 3 is 2.61 bits per heavy atom. The summed E-state index contributed by atoms with van der Waals surface area (Å²) in [5, 5.41) is 2.77. The summed E-state index contributed by atoms with van der Waals surface area (Å²) in [6, 6.07) is 12.4. The van der Waals surface area contributed by atoms with Crippen molar-refractivity contribution in [2.75, 3.05) is 45.3 Å². The molecule has 0 saturated carbocycles. The minimum Gasteiger partial charge on any atom is -0.493 e. The van der Waals surface area contributed by atoms with E-state index in [1.807, 2.05) is 19.1 Å². The van der Waals surface area contributed by atoms with Crippen molar-refractivity contribution < 1.29 is 23.8 Å². The first-order valence-electron chi connectivity index (χ1n) is 9.12. The predicted octanol–water partition coefficient (Wildman–Crippen LogP) is 2.49. The van der Waals surface area contributed by atoms with Crippen LogP contribution in [0.5, 0.6) is 11.5 Å². The third kappa shape index (κ3) is 4.80. The molecule has 0 aromatic heterocycles. The highest BCUT2D eigenvalue weighted by Crippen LogP contribution is 2.27. The predicted molar refractivity (Wildman–Crippen MR) is 105 cm³/mol. The van der Waals surface area contributed by atoms with Crippen LogP contribution in [0, 0.1) is 6.92 Å². The summed E-state index contributed by atoms with van der Waals surface area (Å²) in [6.45, 7) is 3.87. The zero-order valence-corrected chi connectivity index (χ0v) is 16.1. The molecule has 2 aromatic carbocycles. The summed E-state index contributed by atoms with van der Waals surface area (Å²) >= 11 is 0. The number of benzene rings is 2. The second-order valence-electron chi connectivity index (χ2n) is 6.44. The molecule has 1 aliphatic rings. The minimum absolute atomic E-state index is 0.125. The monoisotopic (exact) mass is 384 g/mol. The number of ether oxygens (including phenoxy) is 3. The number of hydrogen-bond donors (Lipinski definition) is 1. The van der Waals surface area contributed by atoms with Gasteiger partial charge in [0.15, 0.2) is 18.1 Å². The molecule has 0 unspecified atom stereocenters. The van der Waals surface area contributed by atoms with E-state index >= 15 is 0 Å². The molecule has 2 amide bonds. The smallest absolute Gasteiger partial charge is 0.262 e. The highest BCUT2D eigenvalue weighted by Gasteiger charge is 2.21. The van der Waals surface area contributed by atoms with E-state index in [1.54, 1.807) is 42.3 Å². The Kier molecular flexibility index (Phi) is 6.49. The summed E-state index contributed by atoms with van der Waals surface area (Å²) in [4.78, 5) is 26.9. The normalized spacial score (nSPS) is 13.7. The number of hydrogen-bond acceptors (Lipinski definition) is 5. The highest BCUT2D eigenvalue weighted by molar-refractivity contribution is 6.04. The van der Waals surface area contributed by atoms with E-state index in [1.165, 1.54) is 0 Å². The van der Waals surface area contributed by atoms with Crippen molar-refractivity contribution in [1.29, 1.82) is 0 Å². The Morgan fingerprint density at radius 2 is 1.86 bits per heavy atom. The summed E-state index contributed by atoms with van der Waals surface area (Å²) < 4.78 is 16.2. The Balaban J connectivity index is 1.65. The maximum absolute atomic E-state index is 12.8. The van der Waals surface area contributed by atoms with Crippen molar-refractivity contribution in [2.45, 2.75) is 6.92 Å². The van der Waals surface area contributed by atoms with Gasteiger partial charge in [-0.2, -0.15) is 0 Å². The van der Waals surface area contributed by atoms with Gasteiger partial charge >= 0.3 is 0 Å². The Bertz CT molecular complexity index is 846. The third-order valence-electron chi connectivity index (χ3n) is 4.41. The van der Waals surface area contributed by atoms with Gasteiger partial charge in [0.2, 0.25) is 0 Å². The van der Waals surface area contributed by atoms with E-state index in [-0.39, 0.29) is 18.4 Å². The quantitative estimate of drug-likeness (QED) is 0.828. The molecule has 1 saturated heterocycles. The first-order chi connectivity index (χ1) is 13.6. The third-order valence-corrected chi connectivity index (χ3v) is 4.41. The lowest BCUT2D eigenvalue weighted by atomic mass is 10.1. The summed E-state index contributed by atoms with van der Waals surface area (Å²) in [6.07, 6.45) is 0. The van der Waals surface area contributed by atoms with Crippen LogP contribution < -0.4 is 14.8 Å². The zero-order valence-electron chi connectivity index (χ0n) is 16.1. The van der Waals surface area contributed by atoms with E-state index < -0.39 is 0 Å². The molecule has 1 N–H and O–H groups in total. The van der Waals surface area contributed by atoms with Gasteiger partial charge in [0, 0.05) is 13.1 Å². The number of carbonyl (C=O) groups is 2. The van der Waals surface area contributed by atoms with Crippen LogP contribution in [0.1, 0.15) is 15.9 Å². The number of carbonyl (C=O) groups excluding carboxylic acids is 2. The molecule has 0 aliphatic carbocycles. The number of nitrogens with one attached hydrogen (secondary N) is 1. The molecule has 1 fully saturated rings. The second kappa shape index (κ2) is 9.23. The molecule has 0 radical (unpaired) electrons. The van der Waals surface area contributed by atoms with Crippen molar-refractivity contribution in [3.8, 4) is 11.5 Å². The van der Waals surface area contributed by atoms with Crippen molar-refractivity contribution in [3.05, 3.63) is 53.6 Å². The van der Waals surface area contributed by atoms with E-state index in [0.29, 0.717) is 49.1 Å². The number of para-hydroxylation sites is 1. The number of rotatable bonds is 6. The number of amides is 2. The van der Waals surface area contributed by atoms with Gasteiger partial charge < -0.3 is 24.4 Å². The molecule has 148 valence electrons. The summed E-state index contributed by atoms with van der Waals surface area (Å²) in [5.41, 5.74) is 1.94. The maximum atomic E-state index is 12.8. The highest BCUT2D eigenvalue weighted by atomic mass is 16.5. The molecule has 0 spiro atoms. The van der Waals surface area contributed by atoms with Crippen LogP contribution >= 0.6 is 0 Å². The maximum Gasteiger partial charge on any atom is 0.262 e. The van der Waals surface area contributed by atoms with Gasteiger partial charge in [-0.3, -0.25) is 9.59 Å². The van der Waals surface area contributed by atoms with Crippen molar-refractivity contribution in [3.63, 3.8) is 0 Å². The molecule has 7 heteroatoms.